The van der Waals surface area contributed by atoms with E-state index in [0.29, 0.717) is 30.0 Å². The second kappa shape index (κ2) is 9.62. The van der Waals surface area contributed by atoms with Crippen molar-refractivity contribution in [1.29, 1.82) is 0 Å². The molecule has 3 heterocycles. The Bertz CT molecular complexity index is 1080. The maximum absolute atomic E-state index is 13.1. The summed E-state index contributed by atoms with van der Waals surface area (Å²) in [6.45, 7) is 4.72. The van der Waals surface area contributed by atoms with E-state index in [4.69, 9.17) is 4.74 Å². The lowest BCUT2D eigenvalue weighted by molar-refractivity contribution is -0.133. The van der Waals surface area contributed by atoms with Gasteiger partial charge in [-0.05, 0) is 37.7 Å². The summed E-state index contributed by atoms with van der Waals surface area (Å²) in [4.78, 5) is 27.1. The van der Waals surface area contributed by atoms with Crippen LogP contribution in [0.1, 0.15) is 32.6 Å². The molecule has 4 rings (SSSR count). The first-order valence-electron chi connectivity index (χ1n) is 11.3. The van der Waals surface area contributed by atoms with Crippen LogP contribution in [0, 0.1) is 5.92 Å². The lowest BCUT2D eigenvalue weighted by atomic mass is 9.99. The molecule has 0 aliphatic carbocycles. The van der Waals surface area contributed by atoms with Gasteiger partial charge in [-0.1, -0.05) is 25.1 Å². The van der Waals surface area contributed by atoms with E-state index in [2.05, 4.69) is 12.2 Å². The molecular weight excluding hydrogens is 430 g/mol. The third-order valence-corrected chi connectivity index (χ3v) is 8.04. The Kier molecular flexibility index (Phi) is 6.85. The topological polar surface area (TPSA) is 97.7 Å². The van der Waals surface area contributed by atoms with Gasteiger partial charge in [0.05, 0.1) is 11.0 Å². The molecule has 2 aliphatic heterocycles. The van der Waals surface area contributed by atoms with E-state index in [1.54, 1.807) is 22.8 Å². The van der Waals surface area contributed by atoms with Gasteiger partial charge in [-0.25, -0.2) is 8.42 Å². The summed E-state index contributed by atoms with van der Waals surface area (Å²) >= 11 is 0. The number of amides is 2. The first-order chi connectivity index (χ1) is 15.3. The van der Waals surface area contributed by atoms with E-state index in [-0.39, 0.29) is 23.5 Å². The zero-order valence-corrected chi connectivity index (χ0v) is 19.3. The fraction of sp³-hybridized carbons (Fsp3) is 0.565. The molecule has 0 saturated carbocycles. The third-order valence-electron chi connectivity index (χ3n) is 6.40. The summed E-state index contributed by atoms with van der Waals surface area (Å²) < 4.78 is 33.3. The number of carbonyl (C=O) groups is 2. The van der Waals surface area contributed by atoms with Crippen molar-refractivity contribution in [3.8, 4) is 0 Å². The average Bonchev–Trinajstić information content (AvgIpc) is 3.41. The number of hydrogen-bond acceptors (Lipinski definition) is 5. The van der Waals surface area contributed by atoms with Gasteiger partial charge in [0.15, 0.2) is 9.84 Å². The van der Waals surface area contributed by atoms with Crippen LogP contribution in [0.2, 0.25) is 0 Å². The van der Waals surface area contributed by atoms with Crippen LogP contribution in [-0.4, -0.2) is 67.8 Å². The molecule has 1 aromatic carbocycles. The molecule has 8 nitrogen and oxygen atoms in total. The van der Waals surface area contributed by atoms with E-state index < -0.39 is 21.5 Å². The Morgan fingerprint density at radius 2 is 1.91 bits per heavy atom. The van der Waals surface area contributed by atoms with Crippen LogP contribution in [0.3, 0.4) is 0 Å². The summed E-state index contributed by atoms with van der Waals surface area (Å²) in [5.74, 6) is -0.576. The molecule has 1 aromatic heterocycles. The number of benzene rings is 1. The van der Waals surface area contributed by atoms with Crippen LogP contribution >= 0.6 is 0 Å². The number of rotatable bonds is 7. The number of ether oxygens (including phenoxy) is 1. The third kappa shape index (κ3) is 5.15. The minimum Gasteiger partial charge on any atom is -0.376 e. The number of nitrogens with one attached hydrogen (secondary N) is 1. The van der Waals surface area contributed by atoms with Crippen molar-refractivity contribution < 1.29 is 22.7 Å². The maximum Gasteiger partial charge on any atom is 0.242 e. The number of piperidine rings is 1. The molecule has 2 aromatic rings. The summed E-state index contributed by atoms with van der Waals surface area (Å²) in [5, 5.41) is 3.20. The SMILES string of the molecule is CC1CCN(C(=O)Cn2cc(S(=O)(=O)CC(=O)NC[C@H]3CCCO3)c3ccccc32)CC1. The van der Waals surface area contributed by atoms with E-state index in [1.807, 2.05) is 11.0 Å². The molecule has 2 fully saturated rings. The summed E-state index contributed by atoms with van der Waals surface area (Å²) in [6, 6.07) is 7.10. The zero-order valence-electron chi connectivity index (χ0n) is 18.5. The lowest BCUT2D eigenvalue weighted by Crippen LogP contribution is -2.39. The van der Waals surface area contributed by atoms with Crippen LogP contribution in [0.25, 0.3) is 10.9 Å². The number of fused-ring (bicyclic) bond motifs is 1. The highest BCUT2D eigenvalue weighted by Gasteiger charge is 2.27. The van der Waals surface area contributed by atoms with Crippen molar-refractivity contribution in [2.75, 3.05) is 32.0 Å². The quantitative estimate of drug-likeness (QED) is 0.680. The molecule has 1 atom stereocenters. The highest BCUT2D eigenvalue weighted by Crippen LogP contribution is 2.27. The van der Waals surface area contributed by atoms with Gasteiger partial charge in [-0.15, -0.1) is 0 Å². The molecule has 174 valence electrons. The minimum atomic E-state index is -3.88. The van der Waals surface area contributed by atoms with Gasteiger partial charge < -0.3 is 19.5 Å². The van der Waals surface area contributed by atoms with E-state index in [0.717, 1.165) is 38.8 Å². The summed E-state index contributed by atoms with van der Waals surface area (Å²) in [7, 11) is -3.88. The van der Waals surface area contributed by atoms with Crippen LogP contribution < -0.4 is 5.32 Å². The van der Waals surface area contributed by atoms with E-state index in [9.17, 15) is 18.0 Å². The standard InChI is InChI=1S/C23H31N3O5S/c1-17-8-10-25(11-9-17)23(28)15-26-14-21(19-6-2-3-7-20(19)26)32(29,30)16-22(27)24-13-18-5-4-12-31-18/h2-3,6-7,14,17-18H,4-5,8-13,15-16H2,1H3,(H,24,27)/t18-/m1/s1. The van der Waals surface area contributed by atoms with Crippen molar-refractivity contribution >= 4 is 32.6 Å². The molecule has 0 spiro atoms. The Morgan fingerprint density at radius 1 is 1.16 bits per heavy atom. The lowest BCUT2D eigenvalue weighted by Gasteiger charge is -2.30. The van der Waals surface area contributed by atoms with Gasteiger partial charge in [-0.2, -0.15) is 0 Å². The largest absolute Gasteiger partial charge is 0.376 e. The summed E-state index contributed by atoms with van der Waals surface area (Å²) in [5.41, 5.74) is 0.671. The average molecular weight is 462 g/mol. The molecule has 2 aliphatic rings. The number of hydrogen-bond donors (Lipinski definition) is 1. The molecule has 9 heteroatoms. The fourth-order valence-electron chi connectivity index (χ4n) is 4.43. The molecule has 2 saturated heterocycles. The first-order valence-corrected chi connectivity index (χ1v) is 13.0. The molecule has 2 amide bonds. The van der Waals surface area contributed by atoms with Crippen molar-refractivity contribution in [3.63, 3.8) is 0 Å². The van der Waals surface area contributed by atoms with Crippen LogP contribution in [0.15, 0.2) is 35.4 Å². The molecule has 0 radical (unpaired) electrons. The maximum atomic E-state index is 13.1. The number of aromatic nitrogens is 1. The van der Waals surface area contributed by atoms with Gasteiger partial charge in [0.1, 0.15) is 12.3 Å². The normalized spacial score (nSPS) is 20.0. The second-order valence-electron chi connectivity index (χ2n) is 8.90. The first kappa shape index (κ1) is 22.8. The Hall–Kier alpha value is -2.39. The van der Waals surface area contributed by atoms with Crippen molar-refractivity contribution in [1.82, 2.24) is 14.8 Å². The minimum absolute atomic E-state index is 0.0177. The zero-order chi connectivity index (χ0) is 22.7. The summed E-state index contributed by atoms with van der Waals surface area (Å²) in [6.07, 6.45) is 5.24. The van der Waals surface area contributed by atoms with E-state index >= 15 is 0 Å². The number of sulfone groups is 1. The van der Waals surface area contributed by atoms with Crippen molar-refractivity contribution in [2.24, 2.45) is 5.92 Å². The number of nitrogens with zero attached hydrogens (tertiary/aromatic N) is 2. The van der Waals surface area contributed by atoms with Gasteiger partial charge in [-0.3, -0.25) is 9.59 Å². The Balaban J connectivity index is 1.49. The molecule has 0 bridgehead atoms. The Labute approximate surface area is 188 Å². The fourth-order valence-corrected chi connectivity index (χ4v) is 5.83. The number of likely N-dealkylation sites (tertiary alicyclic amines) is 1. The van der Waals surface area contributed by atoms with Crippen LogP contribution in [0.5, 0.6) is 0 Å². The van der Waals surface area contributed by atoms with E-state index in [1.165, 1.54) is 6.20 Å². The molecular formula is C23H31N3O5S. The Morgan fingerprint density at radius 3 is 2.62 bits per heavy atom. The predicted molar refractivity (Wildman–Crippen MR) is 121 cm³/mol. The molecule has 1 N–H and O–H groups in total. The number of para-hydroxylation sites is 1. The smallest absolute Gasteiger partial charge is 0.242 e. The monoisotopic (exact) mass is 461 g/mol. The van der Waals surface area contributed by atoms with Gasteiger partial charge in [0.25, 0.3) is 0 Å². The highest BCUT2D eigenvalue weighted by atomic mass is 32.2. The van der Waals surface area contributed by atoms with Crippen LogP contribution in [0.4, 0.5) is 0 Å². The second-order valence-corrected chi connectivity index (χ2v) is 10.9. The van der Waals surface area contributed by atoms with Gasteiger partial charge in [0, 0.05) is 43.3 Å². The van der Waals surface area contributed by atoms with Gasteiger partial charge >= 0.3 is 0 Å². The molecule has 32 heavy (non-hydrogen) atoms. The predicted octanol–water partition coefficient (Wildman–Crippen LogP) is 1.97. The van der Waals surface area contributed by atoms with Crippen molar-refractivity contribution in [2.45, 2.75) is 50.2 Å². The molecule has 0 unspecified atom stereocenters. The van der Waals surface area contributed by atoms with Gasteiger partial charge in [0.2, 0.25) is 11.8 Å². The van der Waals surface area contributed by atoms with Crippen LogP contribution in [-0.2, 0) is 30.7 Å². The number of carbonyl (C=O) groups excluding carboxylic acids is 2. The highest BCUT2D eigenvalue weighted by molar-refractivity contribution is 7.92. The van der Waals surface area contributed by atoms with Crippen molar-refractivity contribution in [3.05, 3.63) is 30.5 Å².